The first-order valence-corrected chi connectivity index (χ1v) is 7.19. The lowest BCUT2D eigenvalue weighted by Gasteiger charge is -2.11. The zero-order valence-electron chi connectivity index (χ0n) is 13.4. The number of rotatable bonds is 7. The molecule has 2 rings (SSSR count). The summed E-state index contributed by atoms with van der Waals surface area (Å²) in [7, 11) is 0. The number of esters is 1. The third kappa shape index (κ3) is 6.08. The molecule has 0 atom stereocenters. The fourth-order valence-corrected chi connectivity index (χ4v) is 1.85. The predicted octanol–water partition coefficient (Wildman–Crippen LogP) is 4.21. The normalized spacial score (nSPS) is 11.2. The van der Waals surface area contributed by atoms with E-state index in [1.807, 2.05) is 0 Å². The van der Waals surface area contributed by atoms with Crippen molar-refractivity contribution < 1.29 is 36.6 Å². The van der Waals surface area contributed by atoms with E-state index in [-0.39, 0.29) is 17.1 Å². The first kappa shape index (κ1) is 19.2. The fourth-order valence-electron chi connectivity index (χ4n) is 1.85. The molecule has 5 nitrogen and oxygen atoms in total. The molecule has 26 heavy (non-hydrogen) atoms. The van der Waals surface area contributed by atoms with Gasteiger partial charge in [-0.25, -0.2) is 4.79 Å². The van der Waals surface area contributed by atoms with Gasteiger partial charge in [0.05, 0.1) is 6.20 Å². The number of aromatic nitrogens is 1. The Morgan fingerprint density at radius 1 is 1.04 bits per heavy atom. The molecule has 2 aromatic rings. The number of pyridine rings is 1. The number of alkyl halides is 4. The molecular weight excluding hydrogens is 358 g/mol. The average Bonchev–Trinajstić information content (AvgIpc) is 2.55. The molecule has 0 bridgehead atoms. The van der Waals surface area contributed by atoms with Crippen LogP contribution >= 0.6 is 0 Å². The Morgan fingerprint density at radius 3 is 2.35 bits per heavy atom. The zero-order valence-corrected chi connectivity index (χ0v) is 13.4. The van der Waals surface area contributed by atoms with E-state index in [2.05, 4.69) is 14.5 Å². The second-order valence-corrected chi connectivity index (χ2v) is 4.85. The smallest absolute Gasteiger partial charge is 0.387 e. The summed E-state index contributed by atoms with van der Waals surface area (Å²) in [6.45, 7) is -4.54. The Labute approximate surface area is 145 Å². The number of ether oxygens (including phenoxy) is 3. The van der Waals surface area contributed by atoms with Crippen molar-refractivity contribution in [1.29, 1.82) is 0 Å². The molecule has 0 N–H and O–H groups in total. The fraction of sp³-hybridized carbons (Fsp3) is 0.176. The number of hydrogen-bond donors (Lipinski definition) is 0. The van der Waals surface area contributed by atoms with Crippen LogP contribution in [0.25, 0.3) is 6.08 Å². The average molecular weight is 371 g/mol. The third-order valence-electron chi connectivity index (χ3n) is 2.93. The van der Waals surface area contributed by atoms with E-state index in [4.69, 9.17) is 4.74 Å². The van der Waals surface area contributed by atoms with Crippen LogP contribution < -0.4 is 14.2 Å². The summed E-state index contributed by atoms with van der Waals surface area (Å²) in [6, 6.07) is 6.36. The van der Waals surface area contributed by atoms with Gasteiger partial charge in [-0.3, -0.25) is 4.98 Å². The molecule has 9 heteroatoms. The number of benzene rings is 1. The monoisotopic (exact) mass is 371 g/mol. The Balaban J connectivity index is 2.13. The molecule has 0 aliphatic heterocycles. The van der Waals surface area contributed by atoms with E-state index in [9.17, 15) is 22.4 Å². The quantitative estimate of drug-likeness (QED) is 0.415. The number of carbonyl (C=O) groups is 1. The highest BCUT2D eigenvalue weighted by molar-refractivity contribution is 5.89. The lowest BCUT2D eigenvalue weighted by atomic mass is 10.1. The number of aryl methyl sites for hydroxylation is 1. The van der Waals surface area contributed by atoms with E-state index in [1.54, 1.807) is 13.0 Å². The number of hydrogen-bond acceptors (Lipinski definition) is 5. The van der Waals surface area contributed by atoms with Crippen molar-refractivity contribution in [2.24, 2.45) is 0 Å². The van der Waals surface area contributed by atoms with Crippen molar-refractivity contribution in [3.8, 4) is 17.2 Å². The van der Waals surface area contributed by atoms with Crippen molar-refractivity contribution in [1.82, 2.24) is 4.98 Å². The minimum atomic E-state index is -3.19. The number of nitrogens with zero attached hydrogens (tertiary/aromatic N) is 1. The second-order valence-electron chi connectivity index (χ2n) is 4.85. The summed E-state index contributed by atoms with van der Waals surface area (Å²) in [6.07, 6.45) is 3.47. The summed E-state index contributed by atoms with van der Waals surface area (Å²) in [5, 5.41) is 0. The van der Waals surface area contributed by atoms with Gasteiger partial charge in [0.15, 0.2) is 0 Å². The van der Waals surface area contributed by atoms with Crippen molar-refractivity contribution in [2.75, 3.05) is 0 Å². The summed E-state index contributed by atoms with van der Waals surface area (Å²) in [5.41, 5.74) is 0.783. The van der Waals surface area contributed by atoms with Crippen molar-refractivity contribution in [3.63, 3.8) is 0 Å². The number of carbonyl (C=O) groups excluding carboxylic acids is 1. The topological polar surface area (TPSA) is 57.7 Å². The summed E-state index contributed by atoms with van der Waals surface area (Å²) < 4.78 is 62.8. The molecule has 0 radical (unpaired) electrons. The first-order valence-electron chi connectivity index (χ1n) is 7.19. The highest BCUT2D eigenvalue weighted by Gasteiger charge is 2.12. The van der Waals surface area contributed by atoms with E-state index in [0.29, 0.717) is 0 Å². The van der Waals surface area contributed by atoms with Crippen molar-refractivity contribution in [2.45, 2.75) is 20.1 Å². The van der Waals surface area contributed by atoms with Gasteiger partial charge in [0.1, 0.15) is 17.2 Å². The van der Waals surface area contributed by atoms with Crippen molar-refractivity contribution in [3.05, 3.63) is 53.9 Å². The van der Waals surface area contributed by atoms with E-state index < -0.39 is 24.9 Å². The number of halogens is 4. The third-order valence-corrected chi connectivity index (χ3v) is 2.93. The van der Waals surface area contributed by atoms with Gasteiger partial charge in [-0.05, 0) is 37.3 Å². The molecule has 138 valence electrons. The largest absolute Gasteiger partial charge is 0.435 e. The highest BCUT2D eigenvalue weighted by Crippen LogP contribution is 2.28. The lowest BCUT2D eigenvalue weighted by molar-refractivity contribution is -0.128. The van der Waals surface area contributed by atoms with Crippen LogP contribution in [0.4, 0.5) is 17.6 Å². The van der Waals surface area contributed by atoms with Crippen LogP contribution in [0.5, 0.6) is 17.2 Å². The van der Waals surface area contributed by atoms with Crippen LogP contribution in [0, 0.1) is 6.92 Å². The Hall–Kier alpha value is -3.10. The lowest BCUT2D eigenvalue weighted by Crippen LogP contribution is -2.06. The van der Waals surface area contributed by atoms with Crippen LogP contribution in [0.3, 0.4) is 0 Å². The maximum absolute atomic E-state index is 12.5. The van der Waals surface area contributed by atoms with E-state index >= 15 is 0 Å². The molecule has 1 heterocycles. The summed E-state index contributed by atoms with van der Waals surface area (Å²) in [4.78, 5) is 15.7. The second kappa shape index (κ2) is 8.84. The van der Waals surface area contributed by atoms with E-state index in [1.165, 1.54) is 18.3 Å². The van der Waals surface area contributed by atoms with Crippen LogP contribution in [0.1, 0.15) is 11.3 Å². The van der Waals surface area contributed by atoms with Gasteiger partial charge in [-0.1, -0.05) is 0 Å². The molecule has 0 spiro atoms. The molecule has 0 fully saturated rings. The Kier molecular flexibility index (Phi) is 6.54. The minimum absolute atomic E-state index is 0.0471. The Bertz CT molecular complexity index is 779. The van der Waals surface area contributed by atoms with Gasteiger partial charge in [0.2, 0.25) is 0 Å². The first-order chi connectivity index (χ1) is 12.3. The van der Waals surface area contributed by atoms with Gasteiger partial charge in [0.25, 0.3) is 0 Å². The van der Waals surface area contributed by atoms with Gasteiger partial charge >= 0.3 is 19.2 Å². The molecule has 1 aromatic carbocycles. The van der Waals surface area contributed by atoms with Gasteiger partial charge < -0.3 is 14.2 Å². The molecule has 0 saturated heterocycles. The predicted molar refractivity (Wildman–Crippen MR) is 83.3 cm³/mol. The van der Waals surface area contributed by atoms with Crippen LogP contribution in [-0.2, 0) is 4.79 Å². The van der Waals surface area contributed by atoms with Gasteiger partial charge in [-0.2, -0.15) is 17.6 Å². The molecular formula is C17H13F4NO4. The van der Waals surface area contributed by atoms with Crippen LogP contribution in [0.2, 0.25) is 0 Å². The van der Waals surface area contributed by atoms with Gasteiger partial charge in [-0.15, -0.1) is 0 Å². The summed E-state index contributed by atoms with van der Waals surface area (Å²) in [5.74, 6) is -1.37. The standard InChI is InChI=1S/C17H13F4NO4/c1-10-2-5-13(9-22-10)24-15(23)7-4-11-3-6-12(25-16(18)19)8-14(11)26-17(20)21/h2-9,16-17H,1H3/b7-4-. The molecule has 0 aliphatic rings. The minimum Gasteiger partial charge on any atom is -0.435 e. The SMILES string of the molecule is Cc1ccc(OC(=O)/C=C\c2ccc(OC(F)F)cc2OC(F)F)cn1. The van der Waals surface area contributed by atoms with Crippen LogP contribution in [0.15, 0.2) is 42.6 Å². The maximum Gasteiger partial charge on any atom is 0.387 e. The maximum atomic E-state index is 12.5. The van der Waals surface area contributed by atoms with Crippen LogP contribution in [-0.4, -0.2) is 24.2 Å². The highest BCUT2D eigenvalue weighted by atomic mass is 19.3. The molecule has 0 saturated carbocycles. The molecule has 0 aliphatic carbocycles. The molecule has 0 amide bonds. The summed E-state index contributed by atoms with van der Waals surface area (Å²) >= 11 is 0. The van der Waals surface area contributed by atoms with Crippen molar-refractivity contribution >= 4 is 12.0 Å². The molecule has 0 unspecified atom stereocenters. The zero-order chi connectivity index (χ0) is 19.1. The van der Waals surface area contributed by atoms with E-state index in [0.717, 1.165) is 30.0 Å². The van der Waals surface area contributed by atoms with Gasteiger partial charge in [0, 0.05) is 23.4 Å². The Morgan fingerprint density at radius 2 is 1.73 bits per heavy atom. The molecule has 1 aromatic heterocycles.